The van der Waals surface area contributed by atoms with E-state index in [1.807, 2.05) is 31.1 Å². The number of carbonyl (C=O) groups is 2. The second-order valence-electron chi connectivity index (χ2n) is 5.90. The van der Waals surface area contributed by atoms with Crippen LogP contribution in [0.2, 0.25) is 0 Å². The summed E-state index contributed by atoms with van der Waals surface area (Å²) in [4.78, 5) is 26.6. The molecule has 1 heterocycles. The van der Waals surface area contributed by atoms with Gasteiger partial charge in [0, 0.05) is 36.6 Å². The summed E-state index contributed by atoms with van der Waals surface area (Å²) < 4.78 is 0. The Morgan fingerprint density at radius 2 is 1.78 bits per heavy atom. The van der Waals surface area contributed by atoms with Gasteiger partial charge in [-0.1, -0.05) is 18.2 Å². The lowest BCUT2D eigenvalue weighted by molar-refractivity contribution is -0.133. The Morgan fingerprint density at radius 3 is 2.43 bits per heavy atom. The maximum absolute atomic E-state index is 12.5. The third kappa shape index (κ3) is 2.59. The topological polar surface area (TPSA) is 69.6 Å². The van der Waals surface area contributed by atoms with Crippen molar-refractivity contribution in [3.05, 3.63) is 59.7 Å². The van der Waals surface area contributed by atoms with E-state index in [2.05, 4.69) is 5.32 Å². The average Bonchev–Trinajstić information content (AvgIpc) is 2.79. The van der Waals surface area contributed by atoms with E-state index >= 15 is 0 Å². The number of amides is 1. The van der Waals surface area contributed by atoms with Gasteiger partial charge < -0.3 is 15.3 Å². The van der Waals surface area contributed by atoms with Crippen molar-refractivity contribution in [2.75, 3.05) is 24.3 Å². The largest absolute Gasteiger partial charge is 0.378 e. The van der Waals surface area contributed by atoms with E-state index < -0.39 is 11.5 Å². The van der Waals surface area contributed by atoms with E-state index in [1.165, 1.54) is 0 Å². The number of nitrogens with zero attached hydrogens (tertiary/aromatic N) is 1. The third-order valence-electron chi connectivity index (χ3n) is 4.12. The van der Waals surface area contributed by atoms with Crippen molar-refractivity contribution < 1.29 is 14.7 Å². The van der Waals surface area contributed by atoms with Crippen LogP contribution in [0.3, 0.4) is 0 Å². The number of nitrogens with one attached hydrogen (secondary N) is 1. The van der Waals surface area contributed by atoms with Crippen LogP contribution in [0.1, 0.15) is 22.3 Å². The maximum Gasteiger partial charge on any atom is 0.261 e. The number of anilines is 2. The highest BCUT2D eigenvalue weighted by Gasteiger charge is 2.46. The van der Waals surface area contributed by atoms with Crippen LogP contribution in [0, 0.1) is 0 Å². The molecule has 0 unspecified atom stereocenters. The number of hydrogen-bond acceptors (Lipinski definition) is 4. The van der Waals surface area contributed by atoms with Gasteiger partial charge in [-0.2, -0.15) is 0 Å². The number of rotatable bonds is 4. The minimum absolute atomic E-state index is 0.273. The molecule has 1 aliphatic rings. The molecule has 0 saturated heterocycles. The smallest absolute Gasteiger partial charge is 0.261 e. The molecule has 0 radical (unpaired) electrons. The van der Waals surface area contributed by atoms with Crippen molar-refractivity contribution in [1.82, 2.24) is 0 Å². The van der Waals surface area contributed by atoms with Crippen molar-refractivity contribution in [3.8, 4) is 0 Å². The van der Waals surface area contributed by atoms with Crippen LogP contribution in [0.15, 0.2) is 48.5 Å². The van der Waals surface area contributed by atoms with Gasteiger partial charge in [-0.25, -0.2) is 0 Å². The number of ketones is 1. The predicted molar refractivity (Wildman–Crippen MR) is 88.7 cm³/mol. The van der Waals surface area contributed by atoms with E-state index in [-0.39, 0.29) is 12.2 Å². The lowest BCUT2D eigenvalue weighted by Crippen LogP contribution is -2.36. The molecule has 5 nitrogen and oxygen atoms in total. The molecule has 2 aromatic rings. The summed E-state index contributed by atoms with van der Waals surface area (Å²) in [5.74, 6) is -0.832. The molecule has 2 N–H and O–H groups in total. The number of para-hydroxylation sites is 1. The Hall–Kier alpha value is -2.66. The molecule has 0 aliphatic carbocycles. The second-order valence-corrected chi connectivity index (χ2v) is 5.90. The second kappa shape index (κ2) is 5.52. The molecular weight excluding hydrogens is 292 g/mol. The van der Waals surface area contributed by atoms with Gasteiger partial charge in [0.2, 0.25) is 0 Å². The lowest BCUT2D eigenvalue weighted by Gasteiger charge is -2.20. The standard InChI is InChI=1S/C18H18N2O3/c1-20(2)13-9-7-12(8-10-13)16(21)11-18(23)14-5-3-4-6-15(14)19-17(18)22/h3-10,23H,11H2,1-2H3,(H,19,22)/t18-/m1/s1. The molecule has 1 amide bonds. The molecule has 23 heavy (non-hydrogen) atoms. The normalized spacial score (nSPS) is 19.2. The number of benzene rings is 2. The van der Waals surface area contributed by atoms with Crippen molar-refractivity contribution in [2.24, 2.45) is 0 Å². The first-order valence-corrected chi connectivity index (χ1v) is 7.36. The highest BCUT2D eigenvalue weighted by Crippen LogP contribution is 2.38. The first-order valence-electron chi connectivity index (χ1n) is 7.36. The Morgan fingerprint density at radius 1 is 1.13 bits per heavy atom. The van der Waals surface area contributed by atoms with Crippen LogP contribution in [0.5, 0.6) is 0 Å². The zero-order valence-electron chi connectivity index (χ0n) is 13.0. The maximum atomic E-state index is 12.5. The Bertz CT molecular complexity index is 768. The van der Waals surface area contributed by atoms with E-state index in [0.29, 0.717) is 16.8 Å². The van der Waals surface area contributed by atoms with Gasteiger partial charge in [0.1, 0.15) is 0 Å². The fraction of sp³-hybridized carbons (Fsp3) is 0.222. The summed E-state index contributed by atoms with van der Waals surface area (Å²) in [5.41, 5.74) is 0.637. The highest BCUT2D eigenvalue weighted by molar-refractivity contribution is 6.09. The summed E-state index contributed by atoms with van der Waals surface area (Å²) >= 11 is 0. The number of aliphatic hydroxyl groups is 1. The molecule has 118 valence electrons. The van der Waals surface area contributed by atoms with Gasteiger partial charge in [0.25, 0.3) is 5.91 Å². The molecule has 2 aromatic carbocycles. The fourth-order valence-corrected chi connectivity index (χ4v) is 2.76. The van der Waals surface area contributed by atoms with Gasteiger partial charge in [-0.05, 0) is 30.3 Å². The van der Waals surface area contributed by atoms with Crippen molar-refractivity contribution in [2.45, 2.75) is 12.0 Å². The molecule has 5 heteroatoms. The lowest BCUT2D eigenvalue weighted by atomic mass is 9.88. The summed E-state index contributed by atoms with van der Waals surface area (Å²) in [6, 6.07) is 14.0. The molecule has 0 bridgehead atoms. The molecule has 0 aromatic heterocycles. The zero-order valence-corrected chi connectivity index (χ0v) is 13.0. The van der Waals surface area contributed by atoms with Crippen LogP contribution in [-0.4, -0.2) is 30.9 Å². The third-order valence-corrected chi connectivity index (χ3v) is 4.12. The molecule has 3 rings (SSSR count). The quantitative estimate of drug-likeness (QED) is 0.849. The van der Waals surface area contributed by atoms with Gasteiger partial charge in [0.15, 0.2) is 11.4 Å². The molecule has 0 saturated carbocycles. The minimum Gasteiger partial charge on any atom is -0.378 e. The fourth-order valence-electron chi connectivity index (χ4n) is 2.76. The molecule has 0 spiro atoms. The number of Topliss-reactive ketones (excluding diaryl/α,β-unsaturated/α-hetero) is 1. The molecule has 1 atom stereocenters. The minimum atomic E-state index is -1.81. The highest BCUT2D eigenvalue weighted by atomic mass is 16.3. The van der Waals surface area contributed by atoms with E-state index in [0.717, 1.165) is 5.69 Å². The molecule has 1 aliphatic heterocycles. The van der Waals surface area contributed by atoms with E-state index in [4.69, 9.17) is 0 Å². The van der Waals surface area contributed by atoms with Gasteiger partial charge in [-0.15, -0.1) is 0 Å². The molecular formula is C18H18N2O3. The zero-order chi connectivity index (χ0) is 16.6. The average molecular weight is 310 g/mol. The van der Waals surface area contributed by atoms with Crippen LogP contribution in [0.25, 0.3) is 0 Å². The monoisotopic (exact) mass is 310 g/mol. The van der Waals surface area contributed by atoms with E-state index in [9.17, 15) is 14.7 Å². The van der Waals surface area contributed by atoms with Crippen LogP contribution < -0.4 is 10.2 Å². The van der Waals surface area contributed by atoms with Crippen molar-refractivity contribution in [3.63, 3.8) is 0 Å². The summed E-state index contributed by atoms with van der Waals surface area (Å²) in [6.45, 7) is 0. The van der Waals surface area contributed by atoms with Gasteiger partial charge in [-0.3, -0.25) is 9.59 Å². The van der Waals surface area contributed by atoms with Crippen LogP contribution >= 0.6 is 0 Å². The van der Waals surface area contributed by atoms with Crippen LogP contribution in [0.4, 0.5) is 11.4 Å². The summed E-state index contributed by atoms with van der Waals surface area (Å²) in [6.07, 6.45) is -0.281. The van der Waals surface area contributed by atoms with Crippen molar-refractivity contribution >= 4 is 23.1 Å². The van der Waals surface area contributed by atoms with Crippen LogP contribution in [-0.2, 0) is 10.4 Å². The van der Waals surface area contributed by atoms with E-state index in [1.54, 1.807) is 36.4 Å². The summed E-state index contributed by atoms with van der Waals surface area (Å²) in [5, 5.41) is 13.4. The Kier molecular flexibility index (Phi) is 3.66. The Balaban J connectivity index is 1.86. The first-order chi connectivity index (χ1) is 10.9. The van der Waals surface area contributed by atoms with Gasteiger partial charge in [0.05, 0.1) is 6.42 Å². The Labute approximate surface area is 134 Å². The number of hydrogen-bond donors (Lipinski definition) is 2. The summed E-state index contributed by atoms with van der Waals surface area (Å²) in [7, 11) is 3.83. The molecule has 0 fully saturated rings. The number of fused-ring (bicyclic) bond motifs is 1. The van der Waals surface area contributed by atoms with Crippen molar-refractivity contribution in [1.29, 1.82) is 0 Å². The first kappa shape index (κ1) is 15.2. The predicted octanol–water partition coefficient (Wildman–Crippen LogP) is 2.17. The van der Waals surface area contributed by atoms with Gasteiger partial charge >= 0.3 is 0 Å². The number of carbonyl (C=O) groups excluding carboxylic acids is 2. The SMILES string of the molecule is CN(C)c1ccc(C(=O)C[C@]2(O)C(=O)Nc3ccccc32)cc1.